The fourth-order valence-corrected chi connectivity index (χ4v) is 8.86. The highest BCUT2D eigenvalue weighted by Gasteiger charge is 2.53. The predicted molar refractivity (Wildman–Crippen MR) is 110 cm³/mol. The van der Waals surface area contributed by atoms with Gasteiger partial charge in [-0.05, 0) is 34.2 Å². The van der Waals surface area contributed by atoms with E-state index in [2.05, 4.69) is 81.4 Å². The summed E-state index contributed by atoms with van der Waals surface area (Å²) in [6, 6.07) is 21.4. The summed E-state index contributed by atoms with van der Waals surface area (Å²) in [5, 5.41) is 12.6. The maximum Gasteiger partial charge on any atom is 0.261 e. The monoisotopic (exact) mass is 369 g/mol. The standard InChI is InChI=1S/C22H31NO2Si/c1-22(2,3)26(19-10-6-4-7-11-19,20-12-8-5-9-13-20)25-18-14-17(15-18)21(24)16-23/h4-13,17-18,21,24H,14-16,23H2,1-3H3. The zero-order chi connectivity index (χ0) is 18.8. The second-order valence-electron chi connectivity index (χ2n) is 8.44. The first-order valence-corrected chi connectivity index (χ1v) is 11.5. The highest BCUT2D eigenvalue weighted by atomic mass is 28.4. The molecule has 0 radical (unpaired) electrons. The Hall–Kier alpha value is -1.46. The number of hydrogen-bond donors (Lipinski definition) is 2. The molecule has 1 aliphatic rings. The van der Waals surface area contributed by atoms with Gasteiger partial charge in [-0.2, -0.15) is 0 Å². The van der Waals surface area contributed by atoms with E-state index in [1.807, 2.05) is 0 Å². The average molecular weight is 370 g/mol. The molecule has 1 atom stereocenters. The lowest BCUT2D eigenvalue weighted by Crippen LogP contribution is -2.68. The zero-order valence-corrected chi connectivity index (χ0v) is 17.1. The van der Waals surface area contributed by atoms with Crippen LogP contribution in [0, 0.1) is 5.92 Å². The third-order valence-corrected chi connectivity index (χ3v) is 10.8. The van der Waals surface area contributed by atoms with Crippen molar-refractivity contribution in [1.29, 1.82) is 0 Å². The fourth-order valence-electron chi connectivity index (χ4n) is 4.15. The van der Waals surface area contributed by atoms with Gasteiger partial charge in [0.25, 0.3) is 8.32 Å². The van der Waals surface area contributed by atoms with Crippen molar-refractivity contribution in [2.45, 2.75) is 50.9 Å². The molecule has 3 nitrogen and oxygen atoms in total. The maximum atomic E-state index is 10.0. The molecule has 0 aromatic heterocycles. The quantitative estimate of drug-likeness (QED) is 0.770. The van der Waals surface area contributed by atoms with Crippen LogP contribution in [0.5, 0.6) is 0 Å². The van der Waals surface area contributed by atoms with Gasteiger partial charge in [-0.15, -0.1) is 0 Å². The third kappa shape index (κ3) is 3.51. The van der Waals surface area contributed by atoms with Crippen LogP contribution in [-0.4, -0.2) is 32.2 Å². The van der Waals surface area contributed by atoms with Gasteiger partial charge >= 0.3 is 0 Å². The molecule has 2 aromatic rings. The number of rotatable bonds is 6. The van der Waals surface area contributed by atoms with Gasteiger partial charge in [0, 0.05) is 12.6 Å². The molecular weight excluding hydrogens is 338 g/mol. The lowest BCUT2D eigenvalue weighted by molar-refractivity contribution is -0.0152. The van der Waals surface area contributed by atoms with Gasteiger partial charge in [-0.1, -0.05) is 81.4 Å². The molecular formula is C22H31NO2Si. The Labute approximate surface area is 158 Å². The summed E-state index contributed by atoms with van der Waals surface area (Å²) < 4.78 is 7.02. The summed E-state index contributed by atoms with van der Waals surface area (Å²) >= 11 is 0. The third-order valence-electron chi connectivity index (χ3n) is 5.68. The minimum Gasteiger partial charge on any atom is -0.404 e. The number of benzene rings is 2. The number of hydrogen-bond acceptors (Lipinski definition) is 3. The van der Waals surface area contributed by atoms with E-state index in [0.29, 0.717) is 6.54 Å². The van der Waals surface area contributed by atoms with Crippen LogP contribution in [0.2, 0.25) is 5.04 Å². The van der Waals surface area contributed by atoms with E-state index in [-0.39, 0.29) is 17.1 Å². The van der Waals surface area contributed by atoms with Crippen molar-refractivity contribution in [2.24, 2.45) is 11.7 Å². The molecule has 0 spiro atoms. The Balaban J connectivity index is 1.99. The fraction of sp³-hybridized carbons (Fsp3) is 0.455. The van der Waals surface area contributed by atoms with Crippen molar-refractivity contribution < 1.29 is 9.53 Å². The summed E-state index contributed by atoms with van der Waals surface area (Å²) in [6.07, 6.45) is 1.56. The average Bonchev–Trinajstić information content (AvgIpc) is 2.61. The van der Waals surface area contributed by atoms with Crippen molar-refractivity contribution in [2.75, 3.05) is 6.54 Å². The van der Waals surface area contributed by atoms with E-state index in [4.69, 9.17) is 10.2 Å². The molecule has 26 heavy (non-hydrogen) atoms. The molecule has 0 aliphatic heterocycles. The molecule has 3 rings (SSSR count). The predicted octanol–water partition coefficient (Wildman–Crippen LogP) is 2.66. The van der Waals surface area contributed by atoms with E-state index < -0.39 is 14.4 Å². The molecule has 3 N–H and O–H groups in total. The second kappa shape index (κ2) is 7.65. The molecule has 0 saturated heterocycles. The highest BCUT2D eigenvalue weighted by molar-refractivity contribution is 6.99. The van der Waals surface area contributed by atoms with Gasteiger partial charge in [-0.3, -0.25) is 0 Å². The van der Waals surface area contributed by atoms with Crippen molar-refractivity contribution in [1.82, 2.24) is 0 Å². The molecule has 0 heterocycles. The molecule has 1 fully saturated rings. The van der Waals surface area contributed by atoms with E-state index in [1.54, 1.807) is 0 Å². The van der Waals surface area contributed by atoms with E-state index in [9.17, 15) is 5.11 Å². The maximum absolute atomic E-state index is 10.0. The Morgan fingerprint density at radius 3 is 1.85 bits per heavy atom. The largest absolute Gasteiger partial charge is 0.404 e. The minimum atomic E-state index is -2.47. The molecule has 1 aliphatic carbocycles. The van der Waals surface area contributed by atoms with Crippen LogP contribution in [0.3, 0.4) is 0 Å². The highest BCUT2D eigenvalue weighted by Crippen LogP contribution is 2.42. The Kier molecular flexibility index (Phi) is 5.68. The Morgan fingerprint density at radius 1 is 1.00 bits per heavy atom. The van der Waals surface area contributed by atoms with Crippen LogP contribution >= 0.6 is 0 Å². The molecule has 1 saturated carbocycles. The normalized spacial score (nSPS) is 21.9. The first kappa shape index (κ1) is 19.3. The van der Waals surface area contributed by atoms with Crippen molar-refractivity contribution in [3.63, 3.8) is 0 Å². The summed E-state index contributed by atoms with van der Waals surface area (Å²) in [6.45, 7) is 7.22. The zero-order valence-electron chi connectivity index (χ0n) is 16.1. The molecule has 0 bridgehead atoms. The van der Waals surface area contributed by atoms with Gasteiger partial charge in [0.2, 0.25) is 0 Å². The minimum absolute atomic E-state index is 0.00667. The van der Waals surface area contributed by atoms with Crippen molar-refractivity contribution in [3.8, 4) is 0 Å². The van der Waals surface area contributed by atoms with Gasteiger partial charge in [0.05, 0.1) is 6.10 Å². The SMILES string of the molecule is CC(C)(C)[Si](OC1CC(C(O)CN)C1)(c1ccccc1)c1ccccc1. The van der Waals surface area contributed by atoms with Crippen LogP contribution in [0.25, 0.3) is 0 Å². The summed E-state index contributed by atoms with van der Waals surface area (Å²) in [4.78, 5) is 0. The van der Waals surface area contributed by atoms with E-state index in [0.717, 1.165) is 12.8 Å². The summed E-state index contributed by atoms with van der Waals surface area (Å²) in [5.41, 5.74) is 5.62. The van der Waals surface area contributed by atoms with Crippen LogP contribution in [0.15, 0.2) is 60.7 Å². The van der Waals surface area contributed by atoms with Crippen LogP contribution in [0.4, 0.5) is 0 Å². The Morgan fingerprint density at radius 2 is 1.46 bits per heavy atom. The molecule has 0 amide bonds. The van der Waals surface area contributed by atoms with E-state index >= 15 is 0 Å². The first-order valence-electron chi connectivity index (χ1n) is 9.55. The van der Waals surface area contributed by atoms with Crippen LogP contribution in [0.1, 0.15) is 33.6 Å². The smallest absolute Gasteiger partial charge is 0.261 e. The molecule has 1 unspecified atom stereocenters. The lowest BCUT2D eigenvalue weighted by atomic mass is 9.78. The number of aliphatic hydroxyl groups excluding tert-OH is 1. The molecule has 4 heteroatoms. The summed E-state index contributed by atoms with van der Waals surface area (Å²) in [5.74, 6) is 0.267. The topological polar surface area (TPSA) is 55.5 Å². The van der Waals surface area contributed by atoms with Crippen LogP contribution < -0.4 is 16.1 Å². The summed E-state index contributed by atoms with van der Waals surface area (Å²) in [7, 11) is -2.47. The van der Waals surface area contributed by atoms with Gasteiger partial charge in [0.1, 0.15) is 0 Å². The van der Waals surface area contributed by atoms with Gasteiger partial charge in [0.15, 0.2) is 0 Å². The Bertz CT molecular complexity index is 654. The number of nitrogens with two attached hydrogens (primary N) is 1. The number of aliphatic hydroxyl groups is 1. The van der Waals surface area contributed by atoms with Crippen molar-refractivity contribution >= 4 is 18.7 Å². The van der Waals surface area contributed by atoms with Crippen LogP contribution in [-0.2, 0) is 4.43 Å². The second-order valence-corrected chi connectivity index (χ2v) is 12.7. The molecule has 140 valence electrons. The van der Waals surface area contributed by atoms with Gasteiger partial charge < -0.3 is 15.3 Å². The van der Waals surface area contributed by atoms with Gasteiger partial charge in [-0.25, -0.2) is 0 Å². The molecule has 2 aromatic carbocycles. The lowest BCUT2D eigenvalue weighted by Gasteiger charge is -2.49. The first-order chi connectivity index (χ1) is 12.4. The van der Waals surface area contributed by atoms with E-state index in [1.165, 1.54) is 10.4 Å². The van der Waals surface area contributed by atoms with Crippen molar-refractivity contribution in [3.05, 3.63) is 60.7 Å².